The summed E-state index contributed by atoms with van der Waals surface area (Å²) >= 11 is 3.46. The van der Waals surface area contributed by atoms with E-state index in [9.17, 15) is 18.0 Å². The van der Waals surface area contributed by atoms with E-state index in [1.807, 2.05) is 64.1 Å². The Morgan fingerprint density at radius 1 is 0.923 bits per heavy atom. The molecule has 0 radical (unpaired) electrons. The first-order valence-corrected chi connectivity index (χ1v) is 15.1. The van der Waals surface area contributed by atoms with Crippen LogP contribution in [0.2, 0.25) is 0 Å². The van der Waals surface area contributed by atoms with Crippen LogP contribution in [0, 0.1) is 19.8 Å². The standard InChI is InChI=1S/C30H36BrN3O4S/c1-21(2)18-32-30(36)24(5)33(19-25-10-9-11-26(31)17-25)29(35)20-34(28-15-14-22(3)16-23(28)4)39(37,38)27-12-7-6-8-13-27/h6-17,21,24H,18-20H2,1-5H3,(H,32,36)/t24-/m0/s1. The average Bonchev–Trinajstić information content (AvgIpc) is 2.89. The lowest BCUT2D eigenvalue weighted by molar-refractivity contribution is -0.139. The van der Waals surface area contributed by atoms with Crippen LogP contribution < -0.4 is 9.62 Å². The van der Waals surface area contributed by atoms with Crippen molar-refractivity contribution in [1.82, 2.24) is 10.2 Å². The SMILES string of the molecule is Cc1ccc(N(CC(=O)N(Cc2cccc(Br)c2)[C@@H](C)C(=O)NCC(C)C)S(=O)(=O)c2ccccc2)c(C)c1. The Morgan fingerprint density at radius 3 is 2.23 bits per heavy atom. The van der Waals surface area contributed by atoms with Crippen LogP contribution in [0.1, 0.15) is 37.5 Å². The Balaban J connectivity index is 2.03. The molecule has 0 spiro atoms. The van der Waals surface area contributed by atoms with E-state index in [1.165, 1.54) is 17.0 Å². The van der Waals surface area contributed by atoms with Gasteiger partial charge in [0.15, 0.2) is 0 Å². The predicted octanol–water partition coefficient (Wildman–Crippen LogP) is 5.45. The van der Waals surface area contributed by atoms with Gasteiger partial charge >= 0.3 is 0 Å². The van der Waals surface area contributed by atoms with E-state index in [4.69, 9.17) is 0 Å². The molecule has 39 heavy (non-hydrogen) atoms. The highest BCUT2D eigenvalue weighted by Crippen LogP contribution is 2.28. The fraction of sp³-hybridized carbons (Fsp3) is 0.333. The van der Waals surface area contributed by atoms with Crippen molar-refractivity contribution in [2.75, 3.05) is 17.4 Å². The minimum Gasteiger partial charge on any atom is -0.354 e. The minimum atomic E-state index is -4.09. The molecule has 9 heteroatoms. The smallest absolute Gasteiger partial charge is 0.264 e. The Kier molecular flexibility index (Phi) is 10.3. The van der Waals surface area contributed by atoms with Crippen LogP contribution >= 0.6 is 15.9 Å². The zero-order chi connectivity index (χ0) is 28.7. The van der Waals surface area contributed by atoms with Gasteiger partial charge in [-0.15, -0.1) is 0 Å². The first kappa shape index (κ1) is 30.4. The molecule has 0 aliphatic carbocycles. The molecule has 1 atom stereocenters. The van der Waals surface area contributed by atoms with Crippen LogP contribution in [0.3, 0.4) is 0 Å². The molecule has 0 unspecified atom stereocenters. The van der Waals surface area contributed by atoms with Gasteiger partial charge in [0.05, 0.1) is 10.6 Å². The molecule has 0 fully saturated rings. The quantitative estimate of drug-likeness (QED) is 0.311. The van der Waals surface area contributed by atoms with Gasteiger partial charge in [0.1, 0.15) is 12.6 Å². The molecule has 2 amide bonds. The Bertz CT molecular complexity index is 1410. The van der Waals surface area contributed by atoms with Crippen molar-refractivity contribution in [3.63, 3.8) is 0 Å². The summed E-state index contributed by atoms with van der Waals surface area (Å²) in [5, 5.41) is 2.90. The van der Waals surface area contributed by atoms with E-state index in [0.717, 1.165) is 25.5 Å². The Hall–Kier alpha value is -3.17. The van der Waals surface area contributed by atoms with Crippen LogP contribution in [0.5, 0.6) is 0 Å². The zero-order valence-electron chi connectivity index (χ0n) is 23.0. The van der Waals surface area contributed by atoms with Gasteiger partial charge in [-0.1, -0.05) is 77.8 Å². The van der Waals surface area contributed by atoms with Crippen molar-refractivity contribution >= 4 is 43.5 Å². The summed E-state index contributed by atoms with van der Waals surface area (Å²) < 4.78 is 29.7. The summed E-state index contributed by atoms with van der Waals surface area (Å²) in [6.07, 6.45) is 0. The van der Waals surface area contributed by atoms with Crippen molar-refractivity contribution in [3.8, 4) is 0 Å². The molecule has 0 saturated carbocycles. The van der Waals surface area contributed by atoms with E-state index in [1.54, 1.807) is 31.2 Å². The topological polar surface area (TPSA) is 86.8 Å². The minimum absolute atomic E-state index is 0.0824. The van der Waals surface area contributed by atoms with Crippen LogP contribution in [-0.4, -0.2) is 44.3 Å². The highest BCUT2D eigenvalue weighted by Gasteiger charge is 2.33. The molecule has 0 aliphatic rings. The number of amides is 2. The fourth-order valence-electron chi connectivity index (χ4n) is 4.19. The van der Waals surface area contributed by atoms with Crippen LogP contribution in [0.15, 0.2) is 82.2 Å². The zero-order valence-corrected chi connectivity index (χ0v) is 25.4. The van der Waals surface area contributed by atoms with Gasteiger partial charge < -0.3 is 10.2 Å². The van der Waals surface area contributed by atoms with Crippen molar-refractivity contribution in [3.05, 3.63) is 94.0 Å². The molecule has 0 bridgehead atoms. The number of carbonyl (C=O) groups excluding carboxylic acids is 2. The molecule has 3 aromatic carbocycles. The first-order valence-electron chi connectivity index (χ1n) is 12.9. The van der Waals surface area contributed by atoms with Crippen LogP contribution in [-0.2, 0) is 26.2 Å². The van der Waals surface area contributed by atoms with Gasteiger partial charge in [0.2, 0.25) is 11.8 Å². The van der Waals surface area contributed by atoms with Crippen molar-refractivity contribution in [1.29, 1.82) is 0 Å². The largest absolute Gasteiger partial charge is 0.354 e. The van der Waals surface area contributed by atoms with Crippen molar-refractivity contribution < 1.29 is 18.0 Å². The van der Waals surface area contributed by atoms with E-state index < -0.39 is 28.5 Å². The Labute approximate surface area is 240 Å². The number of sulfonamides is 1. The van der Waals surface area contributed by atoms with Gasteiger partial charge in [0, 0.05) is 17.6 Å². The second kappa shape index (κ2) is 13.3. The third-order valence-corrected chi connectivity index (χ3v) is 8.59. The normalized spacial score (nSPS) is 12.2. The van der Waals surface area contributed by atoms with Crippen molar-refractivity contribution in [2.24, 2.45) is 5.92 Å². The van der Waals surface area contributed by atoms with Gasteiger partial charge in [-0.05, 0) is 68.1 Å². The van der Waals surface area contributed by atoms with E-state index >= 15 is 0 Å². The number of hydrogen-bond donors (Lipinski definition) is 1. The number of carbonyl (C=O) groups is 2. The molecule has 7 nitrogen and oxygen atoms in total. The molecular formula is C30H36BrN3O4S. The number of nitrogens with one attached hydrogen (secondary N) is 1. The summed E-state index contributed by atoms with van der Waals surface area (Å²) in [6.45, 7) is 9.54. The molecule has 3 aromatic rings. The lowest BCUT2D eigenvalue weighted by Crippen LogP contribution is -2.51. The lowest BCUT2D eigenvalue weighted by atomic mass is 10.1. The molecule has 208 valence electrons. The lowest BCUT2D eigenvalue weighted by Gasteiger charge is -2.32. The van der Waals surface area contributed by atoms with E-state index in [2.05, 4.69) is 21.2 Å². The summed E-state index contributed by atoms with van der Waals surface area (Å²) in [5.74, 6) is -0.538. The third-order valence-electron chi connectivity index (χ3n) is 6.32. The highest BCUT2D eigenvalue weighted by atomic mass is 79.9. The highest BCUT2D eigenvalue weighted by molar-refractivity contribution is 9.10. The maximum absolute atomic E-state index is 14.0. The van der Waals surface area contributed by atoms with Gasteiger partial charge in [-0.3, -0.25) is 13.9 Å². The van der Waals surface area contributed by atoms with E-state index in [-0.39, 0.29) is 23.3 Å². The van der Waals surface area contributed by atoms with Gasteiger partial charge in [-0.2, -0.15) is 0 Å². The monoisotopic (exact) mass is 613 g/mol. The molecule has 0 aromatic heterocycles. The van der Waals surface area contributed by atoms with Crippen LogP contribution in [0.25, 0.3) is 0 Å². The number of hydrogen-bond acceptors (Lipinski definition) is 4. The summed E-state index contributed by atoms with van der Waals surface area (Å²) in [4.78, 5) is 28.6. The fourth-order valence-corrected chi connectivity index (χ4v) is 6.13. The van der Waals surface area contributed by atoms with Gasteiger partial charge in [-0.25, -0.2) is 8.42 Å². The predicted molar refractivity (Wildman–Crippen MR) is 159 cm³/mol. The molecule has 1 N–H and O–H groups in total. The summed E-state index contributed by atoms with van der Waals surface area (Å²) in [6, 6.07) is 20.1. The maximum Gasteiger partial charge on any atom is 0.264 e. The third kappa shape index (κ3) is 7.92. The summed E-state index contributed by atoms with van der Waals surface area (Å²) in [7, 11) is -4.09. The number of anilines is 1. The first-order chi connectivity index (χ1) is 18.4. The van der Waals surface area contributed by atoms with Crippen LogP contribution in [0.4, 0.5) is 5.69 Å². The number of nitrogens with zero attached hydrogens (tertiary/aromatic N) is 2. The summed E-state index contributed by atoms with van der Waals surface area (Å²) in [5.41, 5.74) is 2.93. The molecule has 0 aliphatic heterocycles. The molecule has 0 saturated heterocycles. The number of benzene rings is 3. The van der Waals surface area contributed by atoms with Gasteiger partial charge in [0.25, 0.3) is 10.0 Å². The molecule has 3 rings (SSSR count). The number of rotatable bonds is 11. The number of aryl methyl sites for hydroxylation is 2. The number of halogens is 1. The second-order valence-corrected chi connectivity index (χ2v) is 12.9. The second-order valence-electron chi connectivity index (χ2n) is 10.1. The average molecular weight is 615 g/mol. The maximum atomic E-state index is 14.0. The molecular weight excluding hydrogens is 578 g/mol. The Morgan fingerprint density at radius 2 is 1.62 bits per heavy atom. The molecule has 0 heterocycles. The van der Waals surface area contributed by atoms with E-state index in [0.29, 0.717) is 12.2 Å². The van der Waals surface area contributed by atoms with Crippen molar-refractivity contribution in [2.45, 2.75) is 52.1 Å².